The van der Waals surface area contributed by atoms with E-state index < -0.39 is 10.9 Å². The Labute approximate surface area is 149 Å². The number of hydrogen-bond donors (Lipinski definition) is 0. The van der Waals surface area contributed by atoms with Crippen molar-refractivity contribution in [2.45, 2.75) is 19.4 Å². The smallest absolute Gasteiger partial charge is 0.365 e. The minimum Gasteiger partial charge on any atom is -0.497 e. The van der Waals surface area contributed by atoms with Gasteiger partial charge in [-0.3, -0.25) is 10.1 Å². The molecule has 0 spiro atoms. The van der Waals surface area contributed by atoms with Gasteiger partial charge >= 0.3 is 5.97 Å². The van der Waals surface area contributed by atoms with Gasteiger partial charge in [-0.1, -0.05) is 11.2 Å². The summed E-state index contributed by atoms with van der Waals surface area (Å²) in [5.41, 5.74) is 1.12. The van der Waals surface area contributed by atoms with Gasteiger partial charge in [-0.25, -0.2) is 4.79 Å². The van der Waals surface area contributed by atoms with Gasteiger partial charge in [0.2, 0.25) is 0 Å². The summed E-state index contributed by atoms with van der Waals surface area (Å²) in [5, 5.41) is 14.8. The summed E-state index contributed by atoms with van der Waals surface area (Å²) in [6, 6.07) is 10.6. The average Bonchev–Trinajstić information content (AvgIpc) is 2.65. The Bertz CT molecular complexity index is 893. The SMILES string of the molecule is COc1ccc2c(c1)OC(C)CC2=NOC(=O)c1cccc([N+](=O)[O-])c1. The third-order valence-electron chi connectivity index (χ3n) is 3.84. The molecule has 8 nitrogen and oxygen atoms in total. The number of carbonyl (C=O) groups excluding carboxylic acids is 1. The van der Waals surface area contributed by atoms with Gasteiger partial charge in [-0.15, -0.1) is 0 Å². The lowest BCUT2D eigenvalue weighted by atomic mass is 10.0. The first-order chi connectivity index (χ1) is 12.5. The maximum Gasteiger partial charge on any atom is 0.365 e. The molecule has 2 aromatic rings. The number of rotatable bonds is 4. The fourth-order valence-corrected chi connectivity index (χ4v) is 2.59. The summed E-state index contributed by atoms with van der Waals surface area (Å²) in [4.78, 5) is 27.4. The van der Waals surface area contributed by atoms with Crippen molar-refractivity contribution in [1.82, 2.24) is 0 Å². The molecular weight excluding hydrogens is 340 g/mol. The first-order valence-corrected chi connectivity index (χ1v) is 7.85. The van der Waals surface area contributed by atoms with Gasteiger partial charge in [0.15, 0.2) is 0 Å². The average molecular weight is 356 g/mol. The number of benzene rings is 2. The molecule has 0 radical (unpaired) electrons. The number of nitro benzene ring substituents is 1. The number of ether oxygens (including phenoxy) is 2. The monoisotopic (exact) mass is 356 g/mol. The van der Waals surface area contributed by atoms with Crippen molar-refractivity contribution >= 4 is 17.4 Å². The molecule has 0 amide bonds. The van der Waals surface area contributed by atoms with Gasteiger partial charge in [0.05, 0.1) is 23.3 Å². The predicted molar refractivity (Wildman–Crippen MR) is 92.7 cm³/mol. The van der Waals surface area contributed by atoms with Crippen LogP contribution in [0, 0.1) is 10.1 Å². The van der Waals surface area contributed by atoms with E-state index in [0.717, 1.165) is 6.07 Å². The molecule has 1 atom stereocenters. The first kappa shape index (κ1) is 17.4. The molecule has 3 rings (SSSR count). The van der Waals surface area contributed by atoms with Crippen molar-refractivity contribution in [2.75, 3.05) is 7.11 Å². The van der Waals surface area contributed by atoms with Crippen LogP contribution in [0.4, 0.5) is 5.69 Å². The van der Waals surface area contributed by atoms with Gasteiger partial charge in [0.1, 0.15) is 17.6 Å². The van der Waals surface area contributed by atoms with Crippen LogP contribution in [0.2, 0.25) is 0 Å². The molecule has 0 saturated carbocycles. The standard InChI is InChI=1S/C18H16N2O6/c1-11-8-16(15-7-6-14(24-2)10-17(15)25-11)19-26-18(21)12-4-3-5-13(9-12)20(22)23/h3-7,9-11H,8H2,1-2H3. The van der Waals surface area contributed by atoms with Crippen molar-refractivity contribution < 1.29 is 24.0 Å². The molecule has 0 aromatic heterocycles. The lowest BCUT2D eigenvalue weighted by Crippen LogP contribution is -2.25. The molecule has 1 heterocycles. The number of non-ortho nitro benzene ring substituents is 1. The van der Waals surface area contributed by atoms with Crippen LogP contribution in [0.3, 0.4) is 0 Å². The van der Waals surface area contributed by atoms with E-state index in [1.165, 1.54) is 18.2 Å². The van der Waals surface area contributed by atoms with Crippen LogP contribution in [0.5, 0.6) is 11.5 Å². The normalized spacial score (nSPS) is 17.2. The topological polar surface area (TPSA) is 100 Å². The van der Waals surface area contributed by atoms with Crippen LogP contribution in [0.15, 0.2) is 47.6 Å². The van der Waals surface area contributed by atoms with Gasteiger partial charge in [-0.05, 0) is 25.1 Å². The Balaban J connectivity index is 1.83. The van der Waals surface area contributed by atoms with Crippen LogP contribution in [-0.2, 0) is 4.84 Å². The zero-order valence-electron chi connectivity index (χ0n) is 14.2. The molecule has 1 unspecified atom stereocenters. The summed E-state index contributed by atoms with van der Waals surface area (Å²) in [6.45, 7) is 1.88. The number of nitrogens with zero attached hydrogens (tertiary/aromatic N) is 2. The maximum atomic E-state index is 12.2. The molecule has 8 heteroatoms. The van der Waals surface area contributed by atoms with E-state index in [0.29, 0.717) is 29.2 Å². The van der Waals surface area contributed by atoms with Gasteiger partial charge < -0.3 is 14.3 Å². The third kappa shape index (κ3) is 3.64. The summed E-state index contributed by atoms with van der Waals surface area (Å²) in [7, 11) is 1.56. The van der Waals surface area contributed by atoms with E-state index in [1.807, 2.05) is 6.92 Å². The number of hydrogen-bond acceptors (Lipinski definition) is 7. The van der Waals surface area contributed by atoms with Crippen molar-refractivity contribution in [3.63, 3.8) is 0 Å². The highest BCUT2D eigenvalue weighted by atomic mass is 16.7. The second kappa shape index (κ2) is 7.22. The molecule has 0 bridgehead atoms. The molecule has 134 valence electrons. The van der Waals surface area contributed by atoms with Crippen molar-refractivity contribution in [1.29, 1.82) is 0 Å². The summed E-state index contributed by atoms with van der Waals surface area (Å²) in [5.74, 6) is 0.467. The highest BCUT2D eigenvalue weighted by Crippen LogP contribution is 2.31. The summed E-state index contributed by atoms with van der Waals surface area (Å²) < 4.78 is 10.9. The number of methoxy groups -OCH3 is 1. The second-order valence-electron chi connectivity index (χ2n) is 5.72. The molecule has 0 fully saturated rings. The number of oxime groups is 1. The Morgan fingerprint density at radius 3 is 2.85 bits per heavy atom. The molecule has 26 heavy (non-hydrogen) atoms. The van der Waals surface area contributed by atoms with E-state index in [9.17, 15) is 14.9 Å². The lowest BCUT2D eigenvalue weighted by Gasteiger charge is -2.24. The fraction of sp³-hybridized carbons (Fsp3) is 0.222. The molecule has 0 saturated heterocycles. The van der Waals surface area contributed by atoms with E-state index in [4.69, 9.17) is 14.3 Å². The van der Waals surface area contributed by atoms with Crippen molar-refractivity contribution in [3.05, 3.63) is 63.7 Å². The van der Waals surface area contributed by atoms with Gasteiger partial charge in [0.25, 0.3) is 5.69 Å². The highest BCUT2D eigenvalue weighted by molar-refractivity contribution is 6.04. The number of carbonyl (C=O) groups is 1. The summed E-state index contributed by atoms with van der Waals surface area (Å²) in [6.07, 6.45) is 0.312. The predicted octanol–water partition coefficient (Wildman–Crippen LogP) is 3.34. The van der Waals surface area contributed by atoms with E-state index in [2.05, 4.69) is 5.16 Å². The highest BCUT2D eigenvalue weighted by Gasteiger charge is 2.24. The van der Waals surface area contributed by atoms with Gasteiger partial charge in [0, 0.05) is 30.2 Å². The molecule has 0 aliphatic carbocycles. The quantitative estimate of drug-likeness (QED) is 0.473. The Hall–Kier alpha value is -3.42. The van der Waals surface area contributed by atoms with Crippen molar-refractivity contribution in [2.24, 2.45) is 5.16 Å². The Morgan fingerprint density at radius 1 is 1.31 bits per heavy atom. The molecule has 1 aliphatic rings. The second-order valence-corrected chi connectivity index (χ2v) is 5.72. The van der Waals surface area contributed by atoms with E-state index in [1.54, 1.807) is 25.3 Å². The van der Waals surface area contributed by atoms with Crippen LogP contribution < -0.4 is 9.47 Å². The van der Waals surface area contributed by atoms with Gasteiger partial charge in [-0.2, -0.15) is 0 Å². The molecular formula is C18H16N2O6. The van der Waals surface area contributed by atoms with Crippen LogP contribution in [0.25, 0.3) is 0 Å². The van der Waals surface area contributed by atoms with Crippen LogP contribution >= 0.6 is 0 Å². The fourth-order valence-electron chi connectivity index (χ4n) is 2.59. The largest absolute Gasteiger partial charge is 0.497 e. The zero-order valence-corrected chi connectivity index (χ0v) is 14.2. The Kier molecular flexibility index (Phi) is 4.83. The lowest BCUT2D eigenvalue weighted by molar-refractivity contribution is -0.384. The maximum absolute atomic E-state index is 12.2. The van der Waals surface area contributed by atoms with Crippen LogP contribution in [0.1, 0.15) is 29.3 Å². The van der Waals surface area contributed by atoms with Crippen LogP contribution in [-0.4, -0.2) is 29.8 Å². The molecule has 1 aliphatic heterocycles. The Morgan fingerprint density at radius 2 is 2.12 bits per heavy atom. The van der Waals surface area contributed by atoms with E-state index in [-0.39, 0.29) is 17.4 Å². The van der Waals surface area contributed by atoms with E-state index >= 15 is 0 Å². The summed E-state index contributed by atoms with van der Waals surface area (Å²) >= 11 is 0. The minimum absolute atomic E-state index is 0.0543. The first-order valence-electron chi connectivity index (χ1n) is 7.85. The van der Waals surface area contributed by atoms with Crippen molar-refractivity contribution in [3.8, 4) is 11.5 Å². The zero-order chi connectivity index (χ0) is 18.7. The number of fused-ring (bicyclic) bond motifs is 1. The third-order valence-corrected chi connectivity index (χ3v) is 3.84. The minimum atomic E-state index is -0.768. The molecule has 0 N–H and O–H groups in total. The number of nitro groups is 1. The molecule has 2 aromatic carbocycles.